The fourth-order valence-electron chi connectivity index (χ4n) is 1.97. The van der Waals surface area contributed by atoms with Crippen LogP contribution in [-0.2, 0) is 0 Å². The zero-order valence-corrected chi connectivity index (χ0v) is 14.5. The lowest BCUT2D eigenvalue weighted by molar-refractivity contribution is 0.125. The molecule has 4 nitrogen and oxygen atoms in total. The number of fused-ring (bicyclic) bond motifs is 3. The van der Waals surface area contributed by atoms with Crippen LogP contribution < -0.4 is 4.74 Å². The third-order valence-electron chi connectivity index (χ3n) is 2.74. The van der Waals surface area contributed by atoms with Crippen molar-refractivity contribution >= 4 is 55.0 Å². The molecule has 0 atom stereocenters. The summed E-state index contributed by atoms with van der Waals surface area (Å²) in [6.07, 6.45) is 3.64. The van der Waals surface area contributed by atoms with Crippen LogP contribution in [0.15, 0.2) is 17.4 Å². The lowest BCUT2D eigenvalue weighted by Gasteiger charge is -2.21. The van der Waals surface area contributed by atoms with E-state index in [9.17, 15) is 0 Å². The number of ether oxygens (including phenoxy) is 1. The number of hydrogen-bond acceptors (Lipinski definition) is 6. The van der Waals surface area contributed by atoms with Crippen molar-refractivity contribution in [2.45, 2.75) is 31.5 Å². The van der Waals surface area contributed by atoms with Gasteiger partial charge in [-0.3, -0.25) is 0 Å². The molecule has 0 bridgehead atoms. The monoisotopic (exact) mass is 339 g/mol. The topological polar surface area (TPSA) is 47.9 Å². The van der Waals surface area contributed by atoms with Crippen molar-refractivity contribution in [2.75, 3.05) is 6.26 Å². The quantitative estimate of drug-likeness (QED) is 0.381. The fraction of sp³-hybridized carbons (Fsp3) is 0.357. The second-order valence-electron chi connectivity index (χ2n) is 5.49. The van der Waals surface area contributed by atoms with E-state index in [1.165, 1.54) is 23.1 Å². The summed E-state index contributed by atoms with van der Waals surface area (Å²) in [5.74, 6) is 0.602. The van der Waals surface area contributed by atoms with Gasteiger partial charge in [-0.05, 0) is 33.1 Å². The summed E-state index contributed by atoms with van der Waals surface area (Å²) in [5, 5.41) is 3.08. The van der Waals surface area contributed by atoms with Crippen molar-refractivity contribution in [3.8, 4) is 5.88 Å². The highest BCUT2D eigenvalue weighted by molar-refractivity contribution is 7.98. The minimum absolute atomic E-state index is 0.331. The first-order valence-corrected chi connectivity index (χ1v) is 8.79. The molecule has 0 saturated carbocycles. The van der Waals surface area contributed by atoms with Crippen LogP contribution in [-0.4, -0.2) is 26.8 Å². The summed E-state index contributed by atoms with van der Waals surface area (Å²) in [4.78, 5) is 14.1. The molecule has 0 aromatic carbocycles. The number of aromatic nitrogens is 3. The Labute approximate surface area is 135 Å². The molecule has 110 valence electrons. The molecule has 0 aliphatic heterocycles. The van der Waals surface area contributed by atoms with E-state index >= 15 is 0 Å². The molecule has 3 aromatic rings. The molecular weight excluding hydrogens is 326 g/mol. The summed E-state index contributed by atoms with van der Waals surface area (Å²) in [6.45, 7) is 6.01. The molecule has 0 aliphatic rings. The van der Waals surface area contributed by atoms with E-state index < -0.39 is 0 Å². The maximum atomic E-state index is 6.19. The van der Waals surface area contributed by atoms with Crippen LogP contribution in [0.5, 0.6) is 5.88 Å². The first kappa shape index (κ1) is 14.8. The van der Waals surface area contributed by atoms with Gasteiger partial charge in [0.05, 0.1) is 10.1 Å². The molecule has 0 unspecified atom stereocenters. The summed E-state index contributed by atoms with van der Waals surface area (Å²) in [7, 11) is 0. The maximum absolute atomic E-state index is 6.19. The van der Waals surface area contributed by atoms with Gasteiger partial charge in [0.25, 0.3) is 0 Å². The van der Waals surface area contributed by atoms with Gasteiger partial charge in [-0.1, -0.05) is 23.4 Å². The van der Waals surface area contributed by atoms with E-state index in [0.717, 1.165) is 20.3 Å². The Kier molecular flexibility index (Phi) is 3.71. The predicted molar refractivity (Wildman–Crippen MR) is 89.9 cm³/mol. The zero-order valence-electron chi connectivity index (χ0n) is 12.1. The molecule has 0 fully saturated rings. The average Bonchev–Trinajstić information content (AvgIpc) is 2.77. The van der Waals surface area contributed by atoms with E-state index in [0.29, 0.717) is 16.2 Å². The highest BCUT2D eigenvalue weighted by Crippen LogP contribution is 2.41. The standard InChI is InChI=1S/C14H14ClN3OS2/c1-14(2,3)19-11-8-7-5-6-16-10(15)9(7)21-12(8)18-13(17-11)20-4/h5-6H,1-4H3. The lowest BCUT2D eigenvalue weighted by Crippen LogP contribution is -2.23. The Balaban J connectivity index is 2.37. The first-order chi connectivity index (χ1) is 9.89. The summed E-state index contributed by atoms with van der Waals surface area (Å²) < 4.78 is 6.96. The largest absolute Gasteiger partial charge is 0.471 e. The summed E-state index contributed by atoms with van der Waals surface area (Å²) in [5.41, 5.74) is -0.331. The van der Waals surface area contributed by atoms with Crippen molar-refractivity contribution in [1.29, 1.82) is 0 Å². The van der Waals surface area contributed by atoms with Crippen LogP contribution >= 0.6 is 34.7 Å². The molecular formula is C14H14ClN3OS2. The van der Waals surface area contributed by atoms with Gasteiger partial charge in [-0.15, -0.1) is 11.3 Å². The van der Waals surface area contributed by atoms with E-state index in [1.807, 2.05) is 33.1 Å². The third-order valence-corrected chi connectivity index (χ3v) is 4.79. The highest BCUT2D eigenvalue weighted by Gasteiger charge is 2.21. The van der Waals surface area contributed by atoms with Gasteiger partial charge in [0.1, 0.15) is 15.6 Å². The Morgan fingerprint density at radius 3 is 2.71 bits per heavy atom. The number of thioether (sulfide) groups is 1. The Hall–Kier alpha value is -1.11. The molecule has 0 N–H and O–H groups in total. The molecule has 0 amide bonds. The second kappa shape index (κ2) is 5.26. The van der Waals surface area contributed by atoms with Crippen molar-refractivity contribution in [3.05, 3.63) is 17.4 Å². The molecule has 21 heavy (non-hydrogen) atoms. The van der Waals surface area contributed by atoms with Crippen molar-refractivity contribution in [1.82, 2.24) is 15.0 Å². The van der Waals surface area contributed by atoms with E-state index in [2.05, 4.69) is 15.0 Å². The highest BCUT2D eigenvalue weighted by atomic mass is 35.5. The van der Waals surface area contributed by atoms with Crippen LogP contribution in [0.3, 0.4) is 0 Å². The molecule has 3 rings (SSSR count). The van der Waals surface area contributed by atoms with Gasteiger partial charge < -0.3 is 4.74 Å². The van der Waals surface area contributed by atoms with E-state index in [-0.39, 0.29) is 5.60 Å². The normalized spacial score (nSPS) is 12.2. The molecule has 0 spiro atoms. The minimum Gasteiger partial charge on any atom is -0.471 e. The number of rotatable bonds is 2. The van der Waals surface area contributed by atoms with Crippen molar-refractivity contribution < 1.29 is 4.74 Å². The molecule has 3 aromatic heterocycles. The predicted octanol–water partition coefficient (Wildman–Crippen LogP) is 4.79. The van der Waals surface area contributed by atoms with Gasteiger partial charge in [-0.25, -0.2) is 9.97 Å². The van der Waals surface area contributed by atoms with Crippen LogP contribution in [0.2, 0.25) is 5.15 Å². The van der Waals surface area contributed by atoms with Crippen LogP contribution in [0.25, 0.3) is 20.3 Å². The first-order valence-electron chi connectivity index (χ1n) is 6.37. The summed E-state index contributed by atoms with van der Waals surface area (Å²) >= 11 is 9.21. The number of halogens is 1. The van der Waals surface area contributed by atoms with Gasteiger partial charge in [0, 0.05) is 11.6 Å². The number of thiophene rings is 1. The van der Waals surface area contributed by atoms with E-state index in [1.54, 1.807) is 6.20 Å². The van der Waals surface area contributed by atoms with Gasteiger partial charge >= 0.3 is 0 Å². The molecule has 7 heteroatoms. The Bertz CT molecular complexity index is 826. The van der Waals surface area contributed by atoms with Gasteiger partial charge in [0.2, 0.25) is 5.88 Å². The van der Waals surface area contributed by atoms with Crippen LogP contribution in [0.4, 0.5) is 0 Å². The van der Waals surface area contributed by atoms with Gasteiger partial charge in [0.15, 0.2) is 5.16 Å². The maximum Gasteiger partial charge on any atom is 0.227 e. The smallest absolute Gasteiger partial charge is 0.227 e. The fourth-order valence-corrected chi connectivity index (χ4v) is 3.70. The van der Waals surface area contributed by atoms with Gasteiger partial charge in [-0.2, -0.15) is 4.98 Å². The van der Waals surface area contributed by atoms with Crippen LogP contribution in [0, 0.1) is 0 Å². The number of hydrogen-bond donors (Lipinski definition) is 0. The minimum atomic E-state index is -0.331. The van der Waals surface area contributed by atoms with Crippen molar-refractivity contribution in [3.63, 3.8) is 0 Å². The molecule has 0 saturated heterocycles. The second-order valence-corrected chi connectivity index (χ2v) is 7.62. The molecule has 3 heterocycles. The Morgan fingerprint density at radius 1 is 1.29 bits per heavy atom. The number of pyridine rings is 1. The third kappa shape index (κ3) is 2.80. The Morgan fingerprint density at radius 2 is 2.05 bits per heavy atom. The molecule has 0 radical (unpaired) electrons. The lowest BCUT2D eigenvalue weighted by atomic mass is 10.2. The average molecular weight is 340 g/mol. The zero-order chi connectivity index (χ0) is 15.2. The van der Waals surface area contributed by atoms with Crippen molar-refractivity contribution in [2.24, 2.45) is 0 Å². The van der Waals surface area contributed by atoms with E-state index in [4.69, 9.17) is 16.3 Å². The van der Waals surface area contributed by atoms with Crippen LogP contribution in [0.1, 0.15) is 20.8 Å². The molecule has 0 aliphatic carbocycles. The SMILES string of the molecule is CSc1nc(OC(C)(C)C)c2c(n1)sc1c(Cl)nccc12. The summed E-state index contributed by atoms with van der Waals surface area (Å²) in [6, 6.07) is 1.93. The number of nitrogens with zero attached hydrogens (tertiary/aromatic N) is 3.